The van der Waals surface area contributed by atoms with Crippen LogP contribution in [-0.4, -0.2) is 59.7 Å². The number of Topliss-reactive ketones (excluding diaryl/α,β-unsaturated/α-hetero) is 1. The number of fused-ring (bicyclic) bond motifs is 1. The van der Waals surface area contributed by atoms with E-state index in [0.29, 0.717) is 18.6 Å². The highest BCUT2D eigenvalue weighted by Crippen LogP contribution is 2.22. The van der Waals surface area contributed by atoms with Crippen LogP contribution in [0.2, 0.25) is 0 Å². The minimum atomic E-state index is -0.657. The van der Waals surface area contributed by atoms with E-state index in [-0.39, 0.29) is 10.9 Å². The molecule has 2 heterocycles. The monoisotopic (exact) mass is 289 g/mol. The first-order valence-electron chi connectivity index (χ1n) is 6.85. The smallest absolute Gasteiger partial charge is 0.295 e. The molecular weight excluding hydrogens is 273 g/mol. The summed E-state index contributed by atoms with van der Waals surface area (Å²) in [6.07, 6.45) is 1.41. The fourth-order valence-corrected chi connectivity index (χ4v) is 2.59. The van der Waals surface area contributed by atoms with E-state index in [0.717, 1.165) is 13.1 Å². The highest BCUT2D eigenvalue weighted by molar-refractivity contribution is 6.44. The number of nitrogens with zero attached hydrogens (tertiary/aromatic N) is 2. The van der Waals surface area contributed by atoms with Gasteiger partial charge >= 0.3 is 0 Å². The molecule has 0 saturated carbocycles. The van der Waals surface area contributed by atoms with Crippen LogP contribution in [0.25, 0.3) is 10.9 Å². The van der Waals surface area contributed by atoms with Gasteiger partial charge in [0.25, 0.3) is 11.7 Å². The number of halogens is 1. The summed E-state index contributed by atoms with van der Waals surface area (Å²) in [4.78, 5) is 31.1. The molecule has 110 valence electrons. The normalized spacial score (nSPS) is 16.4. The molecule has 3 rings (SSSR count). The molecule has 21 heavy (non-hydrogen) atoms. The second-order valence-corrected chi connectivity index (χ2v) is 5.29. The zero-order chi connectivity index (χ0) is 15.0. The maximum Gasteiger partial charge on any atom is 0.295 e. The first kappa shape index (κ1) is 13.8. The maximum atomic E-state index is 13.9. The average Bonchev–Trinajstić information content (AvgIpc) is 2.92. The quantitative estimate of drug-likeness (QED) is 0.669. The van der Waals surface area contributed by atoms with E-state index in [1.165, 1.54) is 17.2 Å². The molecule has 0 radical (unpaired) electrons. The number of aromatic nitrogens is 1. The van der Waals surface area contributed by atoms with Crippen molar-refractivity contribution in [2.24, 2.45) is 0 Å². The Balaban J connectivity index is 1.88. The van der Waals surface area contributed by atoms with E-state index in [2.05, 4.69) is 9.88 Å². The van der Waals surface area contributed by atoms with Crippen molar-refractivity contribution < 1.29 is 14.0 Å². The fraction of sp³-hybridized carbons (Fsp3) is 0.333. The Labute approximate surface area is 121 Å². The molecule has 0 atom stereocenters. The van der Waals surface area contributed by atoms with Crippen LogP contribution in [0.1, 0.15) is 10.4 Å². The number of hydrogen-bond acceptors (Lipinski definition) is 3. The number of carbonyl (C=O) groups is 2. The predicted molar refractivity (Wildman–Crippen MR) is 76.7 cm³/mol. The number of benzene rings is 1. The number of ketones is 1. The predicted octanol–water partition coefficient (Wildman–Crippen LogP) is 1.26. The molecular formula is C15H16FN3O2. The average molecular weight is 289 g/mol. The Morgan fingerprint density at radius 2 is 1.90 bits per heavy atom. The van der Waals surface area contributed by atoms with Gasteiger partial charge in [-0.25, -0.2) is 4.39 Å². The molecule has 0 unspecified atom stereocenters. The molecule has 0 bridgehead atoms. The van der Waals surface area contributed by atoms with Crippen LogP contribution in [0.3, 0.4) is 0 Å². The van der Waals surface area contributed by atoms with Crippen molar-refractivity contribution in [3.8, 4) is 0 Å². The Morgan fingerprint density at radius 1 is 1.19 bits per heavy atom. The van der Waals surface area contributed by atoms with Gasteiger partial charge in [-0.05, 0) is 19.2 Å². The van der Waals surface area contributed by atoms with E-state index in [1.807, 2.05) is 7.05 Å². The van der Waals surface area contributed by atoms with Crippen molar-refractivity contribution in [1.82, 2.24) is 14.8 Å². The molecule has 2 aromatic rings. The lowest BCUT2D eigenvalue weighted by Crippen LogP contribution is -2.49. The standard InChI is InChI=1S/C15H16FN3O2/c1-18-5-7-19(8-6-18)15(21)14(20)10-9-17-12-4-2-3-11(16)13(10)12/h2-4,9,17H,5-8H2,1H3. The summed E-state index contributed by atoms with van der Waals surface area (Å²) < 4.78 is 13.9. The largest absolute Gasteiger partial charge is 0.360 e. The van der Waals surface area contributed by atoms with E-state index in [1.54, 1.807) is 12.1 Å². The zero-order valence-corrected chi connectivity index (χ0v) is 11.7. The molecule has 1 aromatic heterocycles. The molecule has 1 aliphatic heterocycles. The summed E-state index contributed by atoms with van der Waals surface area (Å²) >= 11 is 0. The van der Waals surface area contributed by atoms with Crippen molar-refractivity contribution in [2.75, 3.05) is 33.2 Å². The first-order valence-corrected chi connectivity index (χ1v) is 6.85. The molecule has 1 amide bonds. The van der Waals surface area contributed by atoms with Crippen LogP contribution in [0.5, 0.6) is 0 Å². The van der Waals surface area contributed by atoms with Crippen molar-refractivity contribution in [1.29, 1.82) is 0 Å². The number of nitrogens with one attached hydrogen (secondary N) is 1. The third-order valence-corrected chi connectivity index (χ3v) is 3.88. The van der Waals surface area contributed by atoms with E-state index < -0.39 is 17.5 Å². The first-order chi connectivity index (χ1) is 10.1. The lowest BCUT2D eigenvalue weighted by Gasteiger charge is -2.31. The van der Waals surface area contributed by atoms with Crippen LogP contribution in [0.15, 0.2) is 24.4 Å². The molecule has 5 nitrogen and oxygen atoms in total. The highest BCUT2D eigenvalue weighted by Gasteiger charge is 2.28. The molecule has 1 fully saturated rings. The molecule has 6 heteroatoms. The van der Waals surface area contributed by atoms with Gasteiger partial charge in [-0.3, -0.25) is 9.59 Å². The number of aromatic amines is 1. The number of rotatable bonds is 2. The van der Waals surface area contributed by atoms with Crippen LogP contribution in [0.4, 0.5) is 4.39 Å². The van der Waals surface area contributed by atoms with Gasteiger partial charge in [-0.15, -0.1) is 0 Å². The van der Waals surface area contributed by atoms with Crippen LogP contribution >= 0.6 is 0 Å². The summed E-state index contributed by atoms with van der Waals surface area (Å²) in [6, 6.07) is 4.52. The van der Waals surface area contributed by atoms with Gasteiger partial charge in [0, 0.05) is 43.3 Å². The van der Waals surface area contributed by atoms with E-state index in [4.69, 9.17) is 0 Å². The van der Waals surface area contributed by atoms with Gasteiger partial charge in [-0.2, -0.15) is 0 Å². The van der Waals surface area contributed by atoms with Crippen molar-refractivity contribution in [2.45, 2.75) is 0 Å². The Morgan fingerprint density at radius 3 is 2.62 bits per heavy atom. The number of H-pyrrole nitrogens is 1. The SMILES string of the molecule is CN1CCN(C(=O)C(=O)c2c[nH]c3cccc(F)c23)CC1. The van der Waals surface area contributed by atoms with Crippen molar-refractivity contribution in [3.63, 3.8) is 0 Å². The Hall–Kier alpha value is -2.21. The summed E-state index contributed by atoms with van der Waals surface area (Å²) in [6.45, 7) is 2.51. The van der Waals surface area contributed by atoms with Gasteiger partial charge in [0.05, 0.1) is 5.56 Å². The molecule has 1 saturated heterocycles. The van der Waals surface area contributed by atoms with Gasteiger partial charge in [0.1, 0.15) is 5.82 Å². The number of amides is 1. The minimum absolute atomic E-state index is 0.104. The summed E-state index contributed by atoms with van der Waals surface area (Å²) in [5.41, 5.74) is 0.622. The summed E-state index contributed by atoms with van der Waals surface area (Å²) in [5.74, 6) is -1.72. The maximum absolute atomic E-state index is 13.9. The topological polar surface area (TPSA) is 56.4 Å². The lowest BCUT2D eigenvalue weighted by molar-refractivity contribution is -0.127. The van der Waals surface area contributed by atoms with E-state index in [9.17, 15) is 14.0 Å². The second kappa shape index (κ2) is 5.29. The number of carbonyl (C=O) groups excluding carboxylic acids is 2. The van der Waals surface area contributed by atoms with Gasteiger partial charge in [-0.1, -0.05) is 6.07 Å². The number of likely N-dealkylation sites (N-methyl/N-ethyl adjacent to an activating group) is 1. The Bertz CT molecular complexity index is 702. The van der Waals surface area contributed by atoms with E-state index >= 15 is 0 Å². The molecule has 0 spiro atoms. The van der Waals surface area contributed by atoms with Crippen LogP contribution < -0.4 is 0 Å². The van der Waals surface area contributed by atoms with Gasteiger partial charge in [0.15, 0.2) is 0 Å². The molecule has 0 aliphatic carbocycles. The third kappa shape index (κ3) is 2.42. The molecule has 1 aromatic carbocycles. The zero-order valence-electron chi connectivity index (χ0n) is 11.7. The second-order valence-electron chi connectivity index (χ2n) is 5.29. The lowest BCUT2D eigenvalue weighted by atomic mass is 10.1. The van der Waals surface area contributed by atoms with Crippen molar-refractivity contribution >= 4 is 22.6 Å². The molecule has 1 aliphatic rings. The van der Waals surface area contributed by atoms with Gasteiger partial charge < -0.3 is 14.8 Å². The summed E-state index contributed by atoms with van der Waals surface area (Å²) in [5, 5.41) is 0.185. The minimum Gasteiger partial charge on any atom is -0.360 e. The number of hydrogen-bond donors (Lipinski definition) is 1. The third-order valence-electron chi connectivity index (χ3n) is 3.88. The van der Waals surface area contributed by atoms with Crippen molar-refractivity contribution in [3.05, 3.63) is 35.8 Å². The van der Waals surface area contributed by atoms with Crippen LogP contribution in [0, 0.1) is 5.82 Å². The highest BCUT2D eigenvalue weighted by atomic mass is 19.1. The fourth-order valence-electron chi connectivity index (χ4n) is 2.59. The molecule has 1 N–H and O–H groups in total. The van der Waals surface area contributed by atoms with Crippen LogP contribution in [-0.2, 0) is 4.79 Å². The number of piperazine rings is 1. The Kier molecular flexibility index (Phi) is 3.47. The van der Waals surface area contributed by atoms with Gasteiger partial charge in [0.2, 0.25) is 0 Å². The summed E-state index contributed by atoms with van der Waals surface area (Å²) in [7, 11) is 1.97.